The number of nitrogens with one attached hydrogen (secondary N) is 1. The van der Waals surface area contributed by atoms with Crippen molar-refractivity contribution in [3.8, 4) is 0 Å². The van der Waals surface area contributed by atoms with Crippen molar-refractivity contribution in [3.63, 3.8) is 0 Å². The molecule has 5 heteroatoms. The second-order valence-corrected chi connectivity index (χ2v) is 19.9. The van der Waals surface area contributed by atoms with Crippen molar-refractivity contribution in [2.24, 2.45) is 0 Å². The van der Waals surface area contributed by atoms with Gasteiger partial charge < -0.3 is 0 Å². The number of hydrogen-bond acceptors (Lipinski definition) is 3. The zero-order valence-corrected chi connectivity index (χ0v) is 15.9. The van der Waals surface area contributed by atoms with Crippen molar-refractivity contribution in [3.05, 3.63) is 30.3 Å². The predicted molar refractivity (Wildman–Crippen MR) is 87.5 cm³/mol. The fourth-order valence-corrected chi connectivity index (χ4v) is 13.7. The molecule has 1 unspecified atom stereocenters. The Balaban J connectivity index is 2.20. The number of benzene rings is 1. The summed E-state index contributed by atoms with van der Waals surface area (Å²) >= 11 is -2.82. The first-order valence-electron chi connectivity index (χ1n) is 7.76. The Labute approximate surface area is 131 Å². The summed E-state index contributed by atoms with van der Waals surface area (Å²) in [5.41, 5.74) is 0.899. The maximum atomic E-state index is 12.7. The van der Waals surface area contributed by atoms with Gasteiger partial charge in [0.1, 0.15) is 0 Å². The summed E-state index contributed by atoms with van der Waals surface area (Å²) in [6.07, 6.45) is 0.298. The van der Waals surface area contributed by atoms with Crippen molar-refractivity contribution in [1.29, 1.82) is 0 Å². The summed E-state index contributed by atoms with van der Waals surface area (Å²) < 4.78 is 4.76. The van der Waals surface area contributed by atoms with Gasteiger partial charge in [-0.05, 0) is 0 Å². The Morgan fingerprint density at radius 2 is 1.67 bits per heavy atom. The molecule has 2 rings (SSSR count). The Morgan fingerprint density at radius 1 is 1.10 bits per heavy atom. The van der Waals surface area contributed by atoms with Crippen LogP contribution in [0.2, 0.25) is 13.3 Å². The molecule has 0 radical (unpaired) electrons. The molecule has 2 amide bonds. The molecule has 1 N–H and O–H groups in total. The van der Waals surface area contributed by atoms with Crippen molar-refractivity contribution in [2.75, 3.05) is 5.32 Å². The van der Waals surface area contributed by atoms with Crippen LogP contribution in [0, 0.1) is 0 Å². The van der Waals surface area contributed by atoms with E-state index in [2.05, 4.69) is 26.1 Å². The van der Waals surface area contributed by atoms with Crippen molar-refractivity contribution in [1.82, 2.24) is 3.12 Å². The Kier molecular flexibility index (Phi) is 5.30. The summed E-state index contributed by atoms with van der Waals surface area (Å²) in [5, 5.41) is 3.22. The molecule has 4 nitrogen and oxygen atoms in total. The van der Waals surface area contributed by atoms with Gasteiger partial charge in [-0.15, -0.1) is 0 Å². The van der Waals surface area contributed by atoms with E-state index in [0.717, 1.165) is 19.0 Å². The molecule has 114 valence electrons. The monoisotopic (exact) mass is 396 g/mol. The van der Waals surface area contributed by atoms with E-state index in [1.165, 1.54) is 0 Å². The molecule has 1 fully saturated rings. The molecular formula is C16H24N2O2Sn. The van der Waals surface area contributed by atoms with E-state index in [1.807, 2.05) is 30.3 Å². The molecule has 0 aliphatic carbocycles. The normalized spacial score (nSPS) is 19.2. The minimum absolute atomic E-state index is 0.00482. The Morgan fingerprint density at radius 3 is 2.19 bits per heavy atom. The van der Waals surface area contributed by atoms with Crippen LogP contribution in [-0.4, -0.2) is 39.6 Å². The average molecular weight is 395 g/mol. The van der Waals surface area contributed by atoms with Crippen LogP contribution in [-0.2, 0) is 9.59 Å². The SMILES string of the molecule is C[CH2][Sn]([CH2]C)([CH2]C)[N]1C(=O)CC(Nc2ccccc2)C1=O. The summed E-state index contributed by atoms with van der Waals surface area (Å²) in [7, 11) is 0. The van der Waals surface area contributed by atoms with E-state index in [-0.39, 0.29) is 17.9 Å². The van der Waals surface area contributed by atoms with Crippen LogP contribution >= 0.6 is 0 Å². The van der Waals surface area contributed by atoms with Crippen LogP contribution in [0.5, 0.6) is 0 Å². The number of carbonyl (C=O) groups excluding carboxylic acids is 2. The molecule has 0 bridgehead atoms. The topological polar surface area (TPSA) is 49.4 Å². The van der Waals surface area contributed by atoms with Gasteiger partial charge in [0.15, 0.2) is 0 Å². The van der Waals surface area contributed by atoms with Gasteiger partial charge in [0.05, 0.1) is 0 Å². The minimum atomic E-state index is -2.82. The standard InChI is InChI=1S/C10H10N2O2.3C2H5.Sn/c13-9-6-8(10(14)12-9)11-7-4-2-1-3-5-7;3*1-2;/h1-5,8,11H,6H2,(H,12,13,14);3*1H2,2H3;/q;;;;+1/p-1. The fraction of sp³-hybridized carbons (Fsp3) is 0.500. The summed E-state index contributed by atoms with van der Waals surface area (Å²) in [4.78, 5) is 25.2. The third-order valence-corrected chi connectivity index (χ3v) is 20.0. The zero-order chi connectivity index (χ0) is 15.5. The van der Waals surface area contributed by atoms with Gasteiger partial charge in [0.25, 0.3) is 0 Å². The molecule has 0 saturated carbocycles. The van der Waals surface area contributed by atoms with Crippen molar-refractivity contribution in [2.45, 2.75) is 46.5 Å². The van der Waals surface area contributed by atoms with Crippen LogP contribution in [0.15, 0.2) is 30.3 Å². The molecule has 1 heterocycles. The van der Waals surface area contributed by atoms with Gasteiger partial charge in [0.2, 0.25) is 0 Å². The number of anilines is 1. The molecule has 1 atom stereocenters. The molecule has 1 aliphatic rings. The fourth-order valence-electron chi connectivity index (χ4n) is 3.20. The zero-order valence-electron chi connectivity index (χ0n) is 13.1. The van der Waals surface area contributed by atoms with E-state index >= 15 is 0 Å². The van der Waals surface area contributed by atoms with Crippen LogP contribution in [0.1, 0.15) is 27.2 Å². The quantitative estimate of drug-likeness (QED) is 0.595. The first-order chi connectivity index (χ1) is 10.1. The Bertz CT molecular complexity index is 506. The number of hydrogen-bond donors (Lipinski definition) is 1. The molecule has 1 aromatic rings. The van der Waals surface area contributed by atoms with E-state index in [0.29, 0.717) is 6.42 Å². The van der Waals surface area contributed by atoms with Crippen molar-refractivity contribution >= 4 is 36.2 Å². The first-order valence-corrected chi connectivity index (χ1v) is 15.1. The van der Waals surface area contributed by atoms with Gasteiger partial charge in [0, 0.05) is 0 Å². The molecule has 0 spiro atoms. The van der Waals surface area contributed by atoms with Crippen LogP contribution < -0.4 is 5.32 Å². The van der Waals surface area contributed by atoms with Gasteiger partial charge in [-0.2, -0.15) is 0 Å². The molecule has 0 aromatic heterocycles. The number of nitrogens with zero attached hydrogens (tertiary/aromatic N) is 1. The molecule has 21 heavy (non-hydrogen) atoms. The predicted octanol–water partition coefficient (Wildman–Crippen LogP) is 3.23. The molecular weight excluding hydrogens is 371 g/mol. The van der Waals surface area contributed by atoms with E-state index < -0.39 is 18.7 Å². The van der Waals surface area contributed by atoms with E-state index in [1.54, 1.807) is 3.12 Å². The van der Waals surface area contributed by atoms with Gasteiger partial charge >= 0.3 is 131 Å². The number of imide groups is 1. The summed E-state index contributed by atoms with van der Waals surface area (Å²) in [5.74, 6) is 0.0417. The third-order valence-electron chi connectivity index (χ3n) is 4.71. The summed E-state index contributed by atoms with van der Waals surface area (Å²) in [6, 6.07) is 9.25. The van der Waals surface area contributed by atoms with Crippen LogP contribution in [0.25, 0.3) is 0 Å². The number of carbonyl (C=O) groups is 2. The van der Waals surface area contributed by atoms with Gasteiger partial charge in [-0.25, -0.2) is 0 Å². The maximum absolute atomic E-state index is 12.7. The van der Waals surface area contributed by atoms with Crippen LogP contribution in [0.3, 0.4) is 0 Å². The second kappa shape index (κ2) is 6.81. The first kappa shape index (κ1) is 16.3. The van der Waals surface area contributed by atoms with E-state index in [9.17, 15) is 9.59 Å². The molecule has 1 aliphatic heterocycles. The molecule has 1 saturated heterocycles. The van der Waals surface area contributed by atoms with Gasteiger partial charge in [-0.1, -0.05) is 0 Å². The average Bonchev–Trinajstić information content (AvgIpc) is 2.79. The molecule has 1 aromatic carbocycles. The number of amides is 2. The summed E-state index contributed by atoms with van der Waals surface area (Å²) in [6.45, 7) is 6.42. The second-order valence-electron chi connectivity index (χ2n) is 5.62. The van der Waals surface area contributed by atoms with Crippen molar-refractivity contribution < 1.29 is 9.59 Å². The van der Waals surface area contributed by atoms with Gasteiger partial charge in [-0.3, -0.25) is 0 Å². The number of rotatable bonds is 6. The Hall–Kier alpha value is -1.04. The van der Waals surface area contributed by atoms with E-state index in [4.69, 9.17) is 0 Å². The van der Waals surface area contributed by atoms with Crippen LogP contribution in [0.4, 0.5) is 5.69 Å². The third kappa shape index (κ3) is 3.10. The number of para-hydroxylation sites is 1.